The van der Waals surface area contributed by atoms with Gasteiger partial charge in [0.2, 0.25) is 0 Å². The first-order valence-corrected chi connectivity index (χ1v) is 4.18. The van der Waals surface area contributed by atoms with E-state index < -0.39 is 0 Å². The second-order valence-corrected chi connectivity index (χ2v) is 3.14. The highest BCUT2D eigenvalue weighted by Gasteiger charge is 1.96. The van der Waals surface area contributed by atoms with Crippen LogP contribution in [0.25, 0.3) is 0 Å². The lowest BCUT2D eigenvalue weighted by Crippen LogP contribution is -2.15. The third kappa shape index (κ3) is 3.01. The number of rotatable bonds is 3. The second kappa shape index (κ2) is 4.21. The van der Waals surface area contributed by atoms with Crippen molar-refractivity contribution in [1.29, 1.82) is 0 Å². The molecule has 0 heterocycles. The molecule has 1 aromatic carbocycles. The zero-order chi connectivity index (χ0) is 8.97. The highest BCUT2D eigenvalue weighted by Crippen LogP contribution is 2.05. The van der Waals surface area contributed by atoms with Crippen LogP contribution in [0.2, 0.25) is 0 Å². The van der Waals surface area contributed by atoms with Crippen LogP contribution in [-0.4, -0.2) is 6.04 Å². The van der Waals surface area contributed by atoms with Crippen molar-refractivity contribution in [2.45, 2.75) is 25.8 Å². The van der Waals surface area contributed by atoms with E-state index in [1.807, 2.05) is 6.92 Å². The van der Waals surface area contributed by atoms with Crippen LogP contribution in [0.5, 0.6) is 0 Å². The fraction of sp³-hybridized carbons (Fsp3) is 0.400. The number of hydrogen-bond donors (Lipinski definition) is 1. The Hall–Kier alpha value is -0.890. The van der Waals surface area contributed by atoms with Gasteiger partial charge in [-0.25, -0.2) is 4.39 Å². The van der Waals surface area contributed by atoms with E-state index in [4.69, 9.17) is 5.73 Å². The van der Waals surface area contributed by atoms with Crippen LogP contribution in [0.3, 0.4) is 0 Å². The van der Waals surface area contributed by atoms with Crippen LogP contribution >= 0.6 is 0 Å². The molecule has 0 unspecified atom stereocenters. The maximum absolute atomic E-state index is 12.5. The fourth-order valence-electron chi connectivity index (χ4n) is 1.05. The van der Waals surface area contributed by atoms with Gasteiger partial charge in [-0.3, -0.25) is 0 Å². The van der Waals surface area contributed by atoms with E-state index in [2.05, 4.69) is 0 Å². The van der Waals surface area contributed by atoms with E-state index in [-0.39, 0.29) is 11.9 Å². The summed E-state index contributed by atoms with van der Waals surface area (Å²) in [5, 5.41) is 0. The molecule has 0 spiro atoms. The summed E-state index contributed by atoms with van der Waals surface area (Å²) in [6, 6.07) is 6.79. The molecule has 0 aliphatic carbocycles. The van der Waals surface area contributed by atoms with E-state index in [1.54, 1.807) is 12.1 Å². The highest BCUT2D eigenvalue weighted by atomic mass is 19.1. The van der Waals surface area contributed by atoms with Crippen molar-refractivity contribution in [2.24, 2.45) is 5.73 Å². The number of benzene rings is 1. The minimum atomic E-state index is -0.181. The van der Waals surface area contributed by atoms with Gasteiger partial charge in [-0.2, -0.15) is 0 Å². The van der Waals surface area contributed by atoms with Gasteiger partial charge in [0.15, 0.2) is 0 Å². The van der Waals surface area contributed by atoms with Gasteiger partial charge in [-0.05, 0) is 37.5 Å². The molecule has 1 nitrogen and oxygen atoms in total. The number of hydrogen-bond acceptors (Lipinski definition) is 1. The Morgan fingerprint density at radius 2 is 1.92 bits per heavy atom. The van der Waals surface area contributed by atoms with Crippen molar-refractivity contribution in [1.82, 2.24) is 0 Å². The van der Waals surface area contributed by atoms with Crippen molar-refractivity contribution in [2.75, 3.05) is 0 Å². The Morgan fingerprint density at radius 3 is 2.42 bits per heavy atom. The summed E-state index contributed by atoms with van der Waals surface area (Å²) >= 11 is 0. The van der Waals surface area contributed by atoms with Crippen molar-refractivity contribution >= 4 is 0 Å². The fourth-order valence-corrected chi connectivity index (χ4v) is 1.05. The Labute approximate surface area is 72.4 Å². The van der Waals surface area contributed by atoms with Gasteiger partial charge in [0.05, 0.1) is 0 Å². The van der Waals surface area contributed by atoms with E-state index >= 15 is 0 Å². The van der Waals surface area contributed by atoms with Crippen LogP contribution in [0.4, 0.5) is 4.39 Å². The van der Waals surface area contributed by atoms with Crippen molar-refractivity contribution in [3.05, 3.63) is 35.6 Å². The third-order valence-electron chi connectivity index (χ3n) is 1.80. The molecule has 0 aliphatic rings. The molecule has 0 bridgehead atoms. The molecule has 0 radical (unpaired) electrons. The normalized spacial score (nSPS) is 12.9. The van der Waals surface area contributed by atoms with Crippen molar-refractivity contribution < 1.29 is 4.39 Å². The summed E-state index contributed by atoms with van der Waals surface area (Å²) in [4.78, 5) is 0. The molecule has 1 rings (SSSR count). The Morgan fingerprint density at radius 1 is 1.33 bits per heavy atom. The molecular weight excluding hydrogens is 153 g/mol. The minimum absolute atomic E-state index is 0.181. The quantitative estimate of drug-likeness (QED) is 0.733. The maximum Gasteiger partial charge on any atom is 0.123 e. The molecule has 12 heavy (non-hydrogen) atoms. The van der Waals surface area contributed by atoms with Crippen molar-refractivity contribution in [3.63, 3.8) is 0 Å². The van der Waals surface area contributed by atoms with Gasteiger partial charge in [-0.1, -0.05) is 12.1 Å². The van der Waals surface area contributed by atoms with E-state index in [0.717, 1.165) is 18.4 Å². The summed E-state index contributed by atoms with van der Waals surface area (Å²) in [7, 11) is 0. The minimum Gasteiger partial charge on any atom is -0.328 e. The molecule has 0 saturated carbocycles. The lowest BCUT2D eigenvalue weighted by molar-refractivity contribution is 0.625. The van der Waals surface area contributed by atoms with Gasteiger partial charge in [0.1, 0.15) is 5.82 Å². The molecular formula is C10H14FN. The summed E-state index contributed by atoms with van der Waals surface area (Å²) < 4.78 is 12.5. The summed E-state index contributed by atoms with van der Waals surface area (Å²) in [6.45, 7) is 1.98. The first kappa shape index (κ1) is 9.20. The number of aryl methyl sites for hydroxylation is 1. The summed E-state index contributed by atoms with van der Waals surface area (Å²) in [6.07, 6.45) is 1.88. The summed E-state index contributed by atoms with van der Waals surface area (Å²) in [5.74, 6) is -0.181. The van der Waals surface area contributed by atoms with Crippen LogP contribution in [-0.2, 0) is 6.42 Å². The van der Waals surface area contributed by atoms with Crippen LogP contribution in [0.15, 0.2) is 24.3 Å². The lowest BCUT2D eigenvalue weighted by atomic mass is 10.1. The number of halogens is 1. The third-order valence-corrected chi connectivity index (χ3v) is 1.80. The predicted octanol–water partition coefficient (Wildman–Crippen LogP) is 2.11. The first-order valence-electron chi connectivity index (χ1n) is 4.18. The Balaban J connectivity index is 2.48. The molecule has 0 aromatic heterocycles. The Bertz CT molecular complexity index is 228. The average Bonchev–Trinajstić information content (AvgIpc) is 2.03. The highest BCUT2D eigenvalue weighted by molar-refractivity contribution is 5.16. The molecule has 1 aromatic rings. The molecule has 0 amide bonds. The number of nitrogens with two attached hydrogens (primary N) is 1. The topological polar surface area (TPSA) is 26.0 Å². The van der Waals surface area contributed by atoms with Gasteiger partial charge in [0.25, 0.3) is 0 Å². The summed E-state index contributed by atoms with van der Waals surface area (Å²) in [5.41, 5.74) is 6.74. The predicted molar refractivity (Wildman–Crippen MR) is 48.4 cm³/mol. The Kier molecular flexibility index (Phi) is 3.23. The largest absolute Gasteiger partial charge is 0.328 e. The van der Waals surface area contributed by atoms with Crippen LogP contribution in [0, 0.1) is 5.82 Å². The van der Waals surface area contributed by atoms with Crippen molar-refractivity contribution in [3.8, 4) is 0 Å². The van der Waals surface area contributed by atoms with Crippen LogP contribution in [0.1, 0.15) is 18.9 Å². The lowest BCUT2D eigenvalue weighted by Gasteiger charge is -2.04. The van der Waals surface area contributed by atoms with E-state index in [9.17, 15) is 4.39 Å². The zero-order valence-electron chi connectivity index (χ0n) is 7.26. The molecule has 2 N–H and O–H groups in total. The zero-order valence-corrected chi connectivity index (χ0v) is 7.26. The van der Waals surface area contributed by atoms with Gasteiger partial charge < -0.3 is 5.73 Å². The van der Waals surface area contributed by atoms with Gasteiger partial charge in [-0.15, -0.1) is 0 Å². The van der Waals surface area contributed by atoms with Gasteiger partial charge >= 0.3 is 0 Å². The smallest absolute Gasteiger partial charge is 0.123 e. The monoisotopic (exact) mass is 167 g/mol. The van der Waals surface area contributed by atoms with E-state index in [1.165, 1.54) is 12.1 Å². The molecule has 0 aliphatic heterocycles. The molecule has 66 valence electrons. The standard InChI is InChI=1S/C10H14FN/c1-8(12)2-3-9-4-6-10(11)7-5-9/h4-8H,2-3,12H2,1H3/t8-/m0/s1. The van der Waals surface area contributed by atoms with Crippen LogP contribution < -0.4 is 5.73 Å². The molecule has 2 heteroatoms. The SMILES string of the molecule is C[C@H](N)CCc1ccc(F)cc1. The van der Waals surface area contributed by atoms with Gasteiger partial charge in [0, 0.05) is 6.04 Å². The average molecular weight is 167 g/mol. The first-order chi connectivity index (χ1) is 5.68. The second-order valence-electron chi connectivity index (χ2n) is 3.14. The maximum atomic E-state index is 12.5. The molecule has 0 fully saturated rings. The van der Waals surface area contributed by atoms with E-state index in [0.29, 0.717) is 0 Å². The molecule has 1 atom stereocenters. The molecule has 0 saturated heterocycles.